The van der Waals surface area contributed by atoms with Crippen LogP contribution < -0.4 is 0 Å². The Morgan fingerprint density at radius 3 is 2.52 bits per heavy atom. The van der Waals surface area contributed by atoms with Crippen LogP contribution in [-0.2, 0) is 13.2 Å². The second-order valence-corrected chi connectivity index (χ2v) is 5.87. The van der Waals surface area contributed by atoms with Crippen LogP contribution in [0.25, 0.3) is 28.2 Å². The number of halogens is 3. The molecule has 0 unspecified atom stereocenters. The molecule has 0 atom stereocenters. The molecule has 4 aromatic rings. The predicted molar refractivity (Wildman–Crippen MR) is 102 cm³/mol. The van der Waals surface area contributed by atoms with Gasteiger partial charge in [-0.15, -0.1) is 0 Å². The van der Waals surface area contributed by atoms with E-state index in [-0.39, 0.29) is 5.69 Å². The zero-order valence-electron chi connectivity index (χ0n) is 15.9. The maximum Gasteiger partial charge on any atom is 0.433 e. The summed E-state index contributed by atoms with van der Waals surface area (Å²) in [5.41, 5.74) is 1.69. The Labute approximate surface area is 164 Å². The fraction of sp³-hybridized carbons (Fsp3) is 0.200. The molecule has 0 amide bonds. The van der Waals surface area contributed by atoms with E-state index in [2.05, 4.69) is 15.1 Å². The Bertz CT molecular complexity index is 1200. The van der Waals surface area contributed by atoms with Crippen molar-refractivity contribution in [3.8, 4) is 28.6 Å². The zero-order chi connectivity index (χ0) is 21.2. The van der Waals surface area contributed by atoms with Crippen LogP contribution >= 0.6 is 0 Å². The number of hydrogen-bond acceptors (Lipinski definition) is 4. The Hall–Kier alpha value is -3.67. The largest absolute Gasteiger partial charge is 0.433 e. The molecule has 0 N–H and O–H groups in total. The number of rotatable bonds is 2. The Balaban J connectivity index is 0.00000117. The van der Waals surface area contributed by atoms with Gasteiger partial charge in [0.15, 0.2) is 0 Å². The lowest BCUT2D eigenvalue weighted by atomic mass is 10.1. The van der Waals surface area contributed by atoms with Crippen LogP contribution in [0.3, 0.4) is 0 Å². The maximum absolute atomic E-state index is 13.0. The minimum Gasteiger partial charge on any atom is -0.291 e. The van der Waals surface area contributed by atoms with Crippen LogP contribution in [-0.4, -0.2) is 24.1 Å². The molecule has 4 aromatic heterocycles. The second-order valence-electron chi connectivity index (χ2n) is 5.87. The molecule has 0 aliphatic heterocycles. The van der Waals surface area contributed by atoms with E-state index in [1.807, 2.05) is 19.9 Å². The van der Waals surface area contributed by atoms with Crippen LogP contribution in [0.4, 0.5) is 13.2 Å². The molecule has 29 heavy (non-hydrogen) atoms. The first-order chi connectivity index (χ1) is 13.9. The number of nitriles is 1. The SMILES string of the molecule is CC.Cn1cc(-c2ccc3ncc(C#N)n3c2)c(-c2cccc(C(F)(F)F)n2)n1. The number of aryl methyl sites for hydroxylation is 1. The van der Waals surface area contributed by atoms with E-state index >= 15 is 0 Å². The van der Waals surface area contributed by atoms with Crippen molar-refractivity contribution in [3.63, 3.8) is 0 Å². The Morgan fingerprint density at radius 2 is 1.83 bits per heavy atom. The highest BCUT2D eigenvalue weighted by atomic mass is 19.4. The number of fused-ring (bicyclic) bond motifs is 1. The monoisotopic (exact) mass is 398 g/mol. The second kappa shape index (κ2) is 7.75. The first-order valence-corrected chi connectivity index (χ1v) is 8.82. The molecule has 0 bridgehead atoms. The number of aromatic nitrogens is 5. The topological polar surface area (TPSA) is 71.8 Å². The van der Waals surface area contributed by atoms with E-state index in [0.29, 0.717) is 28.2 Å². The van der Waals surface area contributed by atoms with Gasteiger partial charge in [-0.3, -0.25) is 9.08 Å². The van der Waals surface area contributed by atoms with Gasteiger partial charge in [-0.25, -0.2) is 9.97 Å². The average Bonchev–Trinajstić information content (AvgIpc) is 3.31. The highest BCUT2D eigenvalue weighted by Gasteiger charge is 2.32. The standard InChI is InChI=1S/C18H11F3N6.C2H6/c1-26-10-13(11-5-6-16-23-8-12(7-22)27(16)9-11)17(25-26)14-3-2-4-15(24-14)18(19,20)21;1-2/h2-6,8-10H,1H3;1-2H3. The number of hydrogen-bond donors (Lipinski definition) is 0. The van der Waals surface area contributed by atoms with Crippen molar-refractivity contribution < 1.29 is 13.2 Å². The summed E-state index contributed by atoms with van der Waals surface area (Å²) in [6, 6.07) is 9.26. The molecule has 0 fully saturated rings. The van der Waals surface area contributed by atoms with Crippen molar-refractivity contribution in [3.05, 3.63) is 60.3 Å². The van der Waals surface area contributed by atoms with E-state index in [1.165, 1.54) is 23.0 Å². The van der Waals surface area contributed by atoms with Gasteiger partial charge in [0.2, 0.25) is 0 Å². The Kier molecular flexibility index (Phi) is 5.37. The lowest BCUT2D eigenvalue weighted by Crippen LogP contribution is -2.08. The molecule has 0 spiro atoms. The van der Waals surface area contributed by atoms with E-state index in [9.17, 15) is 18.4 Å². The number of pyridine rings is 2. The quantitative estimate of drug-likeness (QED) is 0.490. The molecule has 0 saturated carbocycles. The van der Waals surface area contributed by atoms with Gasteiger partial charge in [0.1, 0.15) is 28.8 Å². The van der Waals surface area contributed by atoms with E-state index in [0.717, 1.165) is 6.07 Å². The smallest absolute Gasteiger partial charge is 0.291 e. The third-order valence-electron chi connectivity index (χ3n) is 4.04. The van der Waals surface area contributed by atoms with Gasteiger partial charge in [0, 0.05) is 30.6 Å². The van der Waals surface area contributed by atoms with Gasteiger partial charge >= 0.3 is 6.18 Å². The predicted octanol–water partition coefficient (Wildman–Crippen LogP) is 4.71. The lowest BCUT2D eigenvalue weighted by molar-refractivity contribution is -0.141. The van der Waals surface area contributed by atoms with Crippen LogP contribution in [0.2, 0.25) is 0 Å². The third-order valence-corrected chi connectivity index (χ3v) is 4.04. The van der Waals surface area contributed by atoms with Crippen LogP contribution in [0.5, 0.6) is 0 Å². The van der Waals surface area contributed by atoms with Gasteiger partial charge < -0.3 is 0 Å². The van der Waals surface area contributed by atoms with Gasteiger partial charge in [0.05, 0.1) is 11.9 Å². The van der Waals surface area contributed by atoms with Gasteiger partial charge in [0.25, 0.3) is 0 Å². The Morgan fingerprint density at radius 1 is 1.07 bits per heavy atom. The van der Waals surface area contributed by atoms with Crippen molar-refractivity contribution in [2.45, 2.75) is 20.0 Å². The summed E-state index contributed by atoms with van der Waals surface area (Å²) in [5.74, 6) is 0. The fourth-order valence-corrected chi connectivity index (χ4v) is 2.84. The molecule has 0 aromatic carbocycles. The summed E-state index contributed by atoms with van der Waals surface area (Å²) in [5, 5.41) is 13.5. The summed E-state index contributed by atoms with van der Waals surface area (Å²) in [6.07, 6.45) is 0.316. The van der Waals surface area contributed by atoms with Gasteiger partial charge in [-0.1, -0.05) is 19.9 Å². The summed E-state index contributed by atoms with van der Waals surface area (Å²) in [7, 11) is 1.68. The first kappa shape index (κ1) is 20.1. The van der Waals surface area contributed by atoms with E-state index in [1.54, 1.807) is 36.0 Å². The molecule has 4 rings (SSSR count). The number of imidazole rings is 1. The molecule has 148 valence electrons. The average molecular weight is 398 g/mol. The normalized spacial score (nSPS) is 11.1. The summed E-state index contributed by atoms with van der Waals surface area (Å²) < 4.78 is 42.1. The van der Waals surface area contributed by atoms with E-state index < -0.39 is 11.9 Å². The third kappa shape index (κ3) is 3.82. The van der Waals surface area contributed by atoms with Crippen molar-refractivity contribution in [1.29, 1.82) is 5.26 Å². The molecular formula is C20H17F3N6. The van der Waals surface area contributed by atoms with Crippen molar-refractivity contribution in [1.82, 2.24) is 24.1 Å². The molecular weight excluding hydrogens is 381 g/mol. The number of nitrogens with zero attached hydrogens (tertiary/aromatic N) is 6. The molecule has 6 nitrogen and oxygen atoms in total. The number of alkyl halides is 3. The molecule has 0 aliphatic rings. The van der Waals surface area contributed by atoms with Crippen molar-refractivity contribution in [2.75, 3.05) is 0 Å². The molecule has 0 saturated heterocycles. The van der Waals surface area contributed by atoms with Crippen molar-refractivity contribution >= 4 is 5.65 Å². The van der Waals surface area contributed by atoms with Crippen LogP contribution in [0.15, 0.2) is 48.9 Å². The highest BCUT2D eigenvalue weighted by Crippen LogP contribution is 2.33. The summed E-state index contributed by atoms with van der Waals surface area (Å²) in [4.78, 5) is 7.86. The highest BCUT2D eigenvalue weighted by molar-refractivity contribution is 5.79. The first-order valence-electron chi connectivity index (χ1n) is 8.82. The minimum atomic E-state index is -4.54. The van der Waals surface area contributed by atoms with Crippen molar-refractivity contribution in [2.24, 2.45) is 7.05 Å². The van der Waals surface area contributed by atoms with E-state index in [4.69, 9.17) is 0 Å². The molecule has 0 aliphatic carbocycles. The summed E-state index contributed by atoms with van der Waals surface area (Å²) >= 11 is 0. The molecule has 4 heterocycles. The zero-order valence-corrected chi connectivity index (χ0v) is 15.9. The molecule has 9 heteroatoms. The summed E-state index contributed by atoms with van der Waals surface area (Å²) in [6.45, 7) is 4.00. The molecule has 0 radical (unpaired) electrons. The fourth-order valence-electron chi connectivity index (χ4n) is 2.84. The van der Waals surface area contributed by atoms with Gasteiger partial charge in [-0.2, -0.15) is 23.5 Å². The maximum atomic E-state index is 13.0. The van der Waals surface area contributed by atoms with Crippen LogP contribution in [0.1, 0.15) is 25.2 Å². The minimum absolute atomic E-state index is 0.117. The van der Waals surface area contributed by atoms with Gasteiger partial charge in [-0.05, 0) is 24.3 Å². The van der Waals surface area contributed by atoms with Crippen LogP contribution in [0, 0.1) is 11.3 Å². The lowest BCUT2D eigenvalue weighted by Gasteiger charge is -2.08.